The molecule has 1 saturated carbocycles. The maximum atomic E-state index is 8.87. The van der Waals surface area contributed by atoms with Gasteiger partial charge in [0.2, 0.25) is 0 Å². The van der Waals surface area contributed by atoms with Gasteiger partial charge in [-0.2, -0.15) is 5.26 Å². The predicted octanol–water partition coefficient (Wildman–Crippen LogP) is 3.27. The summed E-state index contributed by atoms with van der Waals surface area (Å²) in [7, 11) is 0. The highest BCUT2D eigenvalue weighted by Gasteiger charge is 2.57. The van der Waals surface area contributed by atoms with Gasteiger partial charge in [0, 0.05) is 0 Å². The Morgan fingerprint density at radius 1 is 1.27 bits per heavy atom. The molecule has 0 N–H and O–H groups in total. The second kappa shape index (κ2) is 3.49. The van der Waals surface area contributed by atoms with Crippen LogP contribution in [0.2, 0.25) is 0 Å². The summed E-state index contributed by atoms with van der Waals surface area (Å²) in [6.07, 6.45) is 5.83. The van der Waals surface area contributed by atoms with E-state index in [4.69, 9.17) is 10.00 Å². The largest absolute Gasteiger partial charge is 0.350 e. The molecule has 3 unspecified atom stereocenters. The van der Waals surface area contributed by atoms with Crippen LogP contribution in [0, 0.1) is 22.7 Å². The van der Waals surface area contributed by atoms with Gasteiger partial charge in [-0.05, 0) is 37.0 Å². The van der Waals surface area contributed by atoms with Crippen LogP contribution < -0.4 is 0 Å². The number of nitriles is 1. The molecule has 0 aromatic rings. The first-order chi connectivity index (χ1) is 6.98. The molecule has 2 rings (SSSR count). The molecule has 2 aliphatic rings. The molecule has 15 heavy (non-hydrogen) atoms. The van der Waals surface area contributed by atoms with Gasteiger partial charge >= 0.3 is 0 Å². The zero-order chi connectivity index (χ0) is 11.1. The average molecular weight is 207 g/mol. The van der Waals surface area contributed by atoms with Crippen LogP contribution >= 0.6 is 0 Å². The van der Waals surface area contributed by atoms with E-state index in [1.165, 1.54) is 19.3 Å². The first kappa shape index (κ1) is 11.0. The van der Waals surface area contributed by atoms with Crippen molar-refractivity contribution in [2.45, 2.75) is 64.6 Å². The molecule has 1 spiro atoms. The zero-order valence-electron chi connectivity index (χ0n) is 10.0. The van der Waals surface area contributed by atoms with E-state index in [9.17, 15) is 0 Å². The third kappa shape index (κ3) is 2.03. The Balaban J connectivity index is 1.98. The Hall–Kier alpha value is -0.550. The van der Waals surface area contributed by atoms with E-state index in [1.807, 2.05) is 0 Å². The van der Waals surface area contributed by atoms with Crippen LogP contribution in [0.4, 0.5) is 0 Å². The van der Waals surface area contributed by atoms with Gasteiger partial charge < -0.3 is 4.74 Å². The van der Waals surface area contributed by atoms with E-state index in [0.717, 1.165) is 18.8 Å². The van der Waals surface area contributed by atoms with Crippen LogP contribution in [0.15, 0.2) is 0 Å². The number of hydrogen-bond acceptors (Lipinski definition) is 2. The van der Waals surface area contributed by atoms with Crippen molar-refractivity contribution in [1.82, 2.24) is 0 Å². The average Bonchev–Trinajstić information content (AvgIpc) is 2.88. The SMILES string of the molecule is CC(C)(C)C1CCCC2(CC1)OC2C#N. The Morgan fingerprint density at radius 2 is 2.00 bits per heavy atom. The minimum atomic E-state index is -0.101. The molecule has 1 saturated heterocycles. The monoisotopic (exact) mass is 207 g/mol. The molecule has 2 fully saturated rings. The Labute approximate surface area is 92.6 Å². The number of hydrogen-bond donors (Lipinski definition) is 0. The number of epoxide rings is 1. The van der Waals surface area contributed by atoms with Crippen molar-refractivity contribution in [2.75, 3.05) is 0 Å². The van der Waals surface area contributed by atoms with Crippen molar-refractivity contribution in [3.05, 3.63) is 0 Å². The molecule has 0 bridgehead atoms. The van der Waals surface area contributed by atoms with Crippen molar-refractivity contribution < 1.29 is 4.74 Å². The van der Waals surface area contributed by atoms with Gasteiger partial charge in [-0.1, -0.05) is 27.2 Å². The third-order valence-electron chi connectivity index (χ3n) is 4.18. The van der Waals surface area contributed by atoms with Crippen LogP contribution in [-0.4, -0.2) is 11.7 Å². The minimum Gasteiger partial charge on any atom is -0.350 e. The fraction of sp³-hybridized carbons (Fsp3) is 0.923. The van der Waals surface area contributed by atoms with Crippen LogP contribution in [-0.2, 0) is 4.74 Å². The third-order valence-corrected chi connectivity index (χ3v) is 4.18. The predicted molar refractivity (Wildman–Crippen MR) is 59.2 cm³/mol. The summed E-state index contributed by atoms with van der Waals surface area (Å²) in [5, 5.41) is 8.87. The summed E-state index contributed by atoms with van der Waals surface area (Å²) in [5.41, 5.74) is 0.372. The highest BCUT2D eigenvalue weighted by atomic mass is 16.6. The molecule has 84 valence electrons. The van der Waals surface area contributed by atoms with Gasteiger partial charge in [-0.3, -0.25) is 0 Å². The molecule has 2 heteroatoms. The lowest BCUT2D eigenvalue weighted by Gasteiger charge is -2.29. The lowest BCUT2D eigenvalue weighted by atomic mass is 9.76. The minimum absolute atomic E-state index is 0.0330. The van der Waals surface area contributed by atoms with Crippen molar-refractivity contribution in [1.29, 1.82) is 5.26 Å². The van der Waals surface area contributed by atoms with Crippen LogP contribution in [0.1, 0.15) is 52.9 Å². The summed E-state index contributed by atoms with van der Waals surface area (Å²) in [6.45, 7) is 6.97. The summed E-state index contributed by atoms with van der Waals surface area (Å²) in [4.78, 5) is 0. The lowest BCUT2D eigenvalue weighted by Crippen LogP contribution is -2.20. The maximum absolute atomic E-state index is 8.87. The lowest BCUT2D eigenvalue weighted by molar-refractivity contribution is 0.207. The van der Waals surface area contributed by atoms with E-state index < -0.39 is 0 Å². The standard InChI is InChI=1S/C13H21NO/c1-12(2,3)10-5-4-7-13(8-6-10)11(9-14)15-13/h10-11H,4-8H2,1-3H3. The number of rotatable bonds is 0. The smallest absolute Gasteiger partial charge is 0.173 e. The normalized spacial score (nSPS) is 40.9. The van der Waals surface area contributed by atoms with Crippen LogP contribution in [0.3, 0.4) is 0 Å². The molecule has 3 atom stereocenters. The first-order valence-corrected chi connectivity index (χ1v) is 6.05. The molecule has 1 heterocycles. The van der Waals surface area contributed by atoms with Crippen molar-refractivity contribution in [3.63, 3.8) is 0 Å². The summed E-state index contributed by atoms with van der Waals surface area (Å²) in [5.74, 6) is 0.792. The molecule has 0 radical (unpaired) electrons. The molecular formula is C13H21NO. The van der Waals surface area contributed by atoms with Gasteiger partial charge in [0.05, 0.1) is 6.07 Å². The fourth-order valence-corrected chi connectivity index (χ4v) is 2.93. The van der Waals surface area contributed by atoms with Gasteiger partial charge in [0.25, 0.3) is 0 Å². The second-order valence-electron chi connectivity index (χ2n) is 6.19. The van der Waals surface area contributed by atoms with E-state index in [-0.39, 0.29) is 11.7 Å². The maximum Gasteiger partial charge on any atom is 0.173 e. The Kier molecular flexibility index (Phi) is 2.55. The van der Waals surface area contributed by atoms with Gasteiger partial charge in [-0.15, -0.1) is 0 Å². The molecule has 0 aromatic heterocycles. The van der Waals surface area contributed by atoms with E-state index in [2.05, 4.69) is 26.8 Å². The van der Waals surface area contributed by atoms with Crippen molar-refractivity contribution in [3.8, 4) is 6.07 Å². The van der Waals surface area contributed by atoms with Gasteiger partial charge in [0.15, 0.2) is 6.10 Å². The quantitative estimate of drug-likeness (QED) is 0.571. The molecule has 0 amide bonds. The van der Waals surface area contributed by atoms with E-state index in [0.29, 0.717) is 5.41 Å². The topological polar surface area (TPSA) is 36.3 Å². The van der Waals surface area contributed by atoms with E-state index in [1.54, 1.807) is 0 Å². The summed E-state index contributed by atoms with van der Waals surface area (Å²) in [6, 6.07) is 2.26. The van der Waals surface area contributed by atoms with Crippen LogP contribution in [0.25, 0.3) is 0 Å². The summed E-state index contributed by atoms with van der Waals surface area (Å²) >= 11 is 0. The van der Waals surface area contributed by atoms with Gasteiger partial charge in [-0.25, -0.2) is 0 Å². The highest BCUT2D eigenvalue weighted by Crippen LogP contribution is 2.50. The number of nitrogens with zero attached hydrogens (tertiary/aromatic N) is 1. The molecule has 1 aliphatic heterocycles. The Bertz CT molecular complexity index is 286. The van der Waals surface area contributed by atoms with Crippen LogP contribution in [0.5, 0.6) is 0 Å². The van der Waals surface area contributed by atoms with Gasteiger partial charge in [0.1, 0.15) is 5.60 Å². The second-order valence-corrected chi connectivity index (χ2v) is 6.19. The molecule has 1 aliphatic carbocycles. The molecule has 2 nitrogen and oxygen atoms in total. The first-order valence-electron chi connectivity index (χ1n) is 6.05. The fourth-order valence-electron chi connectivity index (χ4n) is 2.93. The van der Waals surface area contributed by atoms with Crippen molar-refractivity contribution >= 4 is 0 Å². The number of ether oxygens (including phenoxy) is 1. The van der Waals surface area contributed by atoms with E-state index >= 15 is 0 Å². The molecule has 0 aromatic carbocycles. The van der Waals surface area contributed by atoms with Crippen molar-refractivity contribution in [2.24, 2.45) is 11.3 Å². The molecular weight excluding hydrogens is 186 g/mol. The zero-order valence-corrected chi connectivity index (χ0v) is 10.0. The Morgan fingerprint density at radius 3 is 2.53 bits per heavy atom. The summed E-state index contributed by atoms with van der Waals surface area (Å²) < 4.78 is 5.57. The highest BCUT2D eigenvalue weighted by molar-refractivity contribution is 5.14.